The van der Waals surface area contributed by atoms with E-state index in [2.05, 4.69) is 6.58 Å². The van der Waals surface area contributed by atoms with Crippen LogP contribution in [0.1, 0.15) is 16.7 Å². The number of nitrogens with zero attached hydrogens (tertiary/aromatic N) is 2. The van der Waals surface area contributed by atoms with E-state index in [1.165, 1.54) is 4.90 Å². The van der Waals surface area contributed by atoms with Gasteiger partial charge < -0.3 is 4.90 Å². The van der Waals surface area contributed by atoms with E-state index in [4.69, 9.17) is 0 Å². The van der Waals surface area contributed by atoms with Gasteiger partial charge in [0.15, 0.2) is 0 Å². The van der Waals surface area contributed by atoms with Gasteiger partial charge >= 0.3 is 6.03 Å². The number of amides is 3. The van der Waals surface area contributed by atoms with Crippen LogP contribution >= 0.6 is 0 Å². The van der Waals surface area contributed by atoms with Crippen LogP contribution < -0.4 is 0 Å². The van der Waals surface area contributed by atoms with E-state index in [9.17, 15) is 9.59 Å². The fourth-order valence-corrected chi connectivity index (χ4v) is 2.62. The molecule has 2 aromatic carbocycles. The number of hydrogen-bond donors (Lipinski definition) is 0. The van der Waals surface area contributed by atoms with Gasteiger partial charge in [-0.25, -0.2) is 4.79 Å². The first-order valence-corrected chi connectivity index (χ1v) is 7.52. The van der Waals surface area contributed by atoms with E-state index >= 15 is 0 Å². The fraction of sp³-hybridized carbons (Fsp3) is 0.158. The molecular weight excluding hydrogens is 288 g/mol. The third-order valence-corrected chi connectivity index (χ3v) is 3.90. The first kappa shape index (κ1) is 15.0. The smallest absolute Gasteiger partial charge is 0.311 e. The second kappa shape index (κ2) is 6.48. The summed E-state index contributed by atoms with van der Waals surface area (Å²) in [6.45, 7) is 4.62. The van der Waals surface area contributed by atoms with Crippen LogP contribution in [-0.2, 0) is 17.9 Å². The predicted molar refractivity (Wildman–Crippen MR) is 89.3 cm³/mol. The lowest BCUT2D eigenvalue weighted by atomic mass is 10.1. The second-order valence-corrected chi connectivity index (χ2v) is 5.55. The Bertz CT molecular complexity index is 723. The molecule has 4 nitrogen and oxygen atoms in total. The minimum atomic E-state index is -0.230. The molecule has 2 aromatic rings. The number of urea groups is 1. The van der Waals surface area contributed by atoms with Crippen molar-refractivity contribution < 1.29 is 9.59 Å². The fourth-order valence-electron chi connectivity index (χ4n) is 2.62. The van der Waals surface area contributed by atoms with Crippen LogP contribution in [0.4, 0.5) is 4.79 Å². The molecule has 1 aliphatic heterocycles. The van der Waals surface area contributed by atoms with Crippen molar-refractivity contribution in [3.63, 3.8) is 0 Å². The van der Waals surface area contributed by atoms with Gasteiger partial charge in [0.2, 0.25) is 0 Å². The van der Waals surface area contributed by atoms with Gasteiger partial charge in [0.25, 0.3) is 5.91 Å². The maximum atomic E-state index is 12.5. The number of carbonyl (C=O) groups is 2. The zero-order valence-electron chi connectivity index (χ0n) is 12.8. The van der Waals surface area contributed by atoms with E-state index in [-0.39, 0.29) is 18.5 Å². The topological polar surface area (TPSA) is 40.6 Å². The molecule has 0 aromatic heterocycles. The van der Waals surface area contributed by atoms with Crippen molar-refractivity contribution in [1.82, 2.24) is 9.80 Å². The number of imide groups is 1. The molecule has 3 amide bonds. The molecule has 0 saturated carbocycles. The molecule has 0 radical (unpaired) electrons. The molecule has 3 rings (SSSR count). The highest BCUT2D eigenvalue weighted by Crippen LogP contribution is 2.18. The van der Waals surface area contributed by atoms with Crippen LogP contribution in [0.2, 0.25) is 0 Å². The summed E-state index contributed by atoms with van der Waals surface area (Å²) >= 11 is 0. The molecule has 0 bridgehead atoms. The minimum absolute atomic E-state index is 0.134. The lowest BCUT2D eigenvalue weighted by Crippen LogP contribution is -2.32. The van der Waals surface area contributed by atoms with Crippen LogP contribution in [0, 0.1) is 0 Å². The van der Waals surface area contributed by atoms with Crippen LogP contribution in [0.25, 0.3) is 6.08 Å². The van der Waals surface area contributed by atoms with Gasteiger partial charge in [-0.2, -0.15) is 0 Å². The predicted octanol–water partition coefficient (Wildman–Crippen LogP) is 3.29. The Morgan fingerprint density at radius 1 is 0.913 bits per heavy atom. The molecule has 0 unspecified atom stereocenters. The van der Waals surface area contributed by atoms with Gasteiger partial charge in [0.1, 0.15) is 6.54 Å². The maximum Gasteiger partial charge on any atom is 0.327 e. The third kappa shape index (κ3) is 3.31. The second-order valence-electron chi connectivity index (χ2n) is 5.55. The number of rotatable bonds is 5. The quantitative estimate of drug-likeness (QED) is 0.795. The summed E-state index contributed by atoms with van der Waals surface area (Å²) in [5, 5.41) is 0. The summed E-state index contributed by atoms with van der Waals surface area (Å²) in [6, 6.07) is 17.1. The molecule has 1 saturated heterocycles. The maximum absolute atomic E-state index is 12.5. The monoisotopic (exact) mass is 306 g/mol. The molecular formula is C19H18N2O2. The summed E-state index contributed by atoms with van der Waals surface area (Å²) < 4.78 is 0. The van der Waals surface area contributed by atoms with Crippen molar-refractivity contribution in [1.29, 1.82) is 0 Å². The van der Waals surface area contributed by atoms with Crippen molar-refractivity contribution in [2.24, 2.45) is 0 Å². The Hall–Kier alpha value is -2.88. The standard InChI is InChI=1S/C19H18N2O2/c1-2-15-8-10-17(11-9-15)12-20-14-18(22)21(19(20)23)13-16-6-4-3-5-7-16/h2-11H,1,12-14H2. The van der Waals surface area contributed by atoms with Crippen molar-refractivity contribution >= 4 is 18.0 Å². The van der Waals surface area contributed by atoms with E-state index < -0.39 is 0 Å². The molecule has 1 fully saturated rings. The van der Waals surface area contributed by atoms with Crippen LogP contribution in [0.15, 0.2) is 61.2 Å². The number of carbonyl (C=O) groups excluding carboxylic acids is 2. The highest BCUT2D eigenvalue weighted by Gasteiger charge is 2.35. The Labute approximate surface area is 135 Å². The normalized spacial score (nSPS) is 14.4. The van der Waals surface area contributed by atoms with E-state index in [0.717, 1.165) is 16.7 Å². The lowest BCUT2D eigenvalue weighted by molar-refractivity contribution is -0.125. The van der Waals surface area contributed by atoms with Gasteiger partial charge in [0.05, 0.1) is 6.54 Å². The Kier molecular flexibility index (Phi) is 4.24. The lowest BCUT2D eigenvalue weighted by Gasteiger charge is -2.17. The van der Waals surface area contributed by atoms with Gasteiger partial charge in [-0.15, -0.1) is 0 Å². The Morgan fingerprint density at radius 2 is 1.57 bits per heavy atom. The van der Waals surface area contributed by atoms with Crippen molar-refractivity contribution in [2.75, 3.05) is 6.54 Å². The first-order chi connectivity index (χ1) is 11.2. The molecule has 0 spiro atoms. The molecule has 23 heavy (non-hydrogen) atoms. The van der Waals surface area contributed by atoms with E-state index in [1.807, 2.05) is 54.6 Å². The van der Waals surface area contributed by atoms with Crippen LogP contribution in [-0.4, -0.2) is 28.3 Å². The summed E-state index contributed by atoms with van der Waals surface area (Å²) in [4.78, 5) is 27.5. The first-order valence-electron chi connectivity index (χ1n) is 7.52. The average molecular weight is 306 g/mol. The van der Waals surface area contributed by atoms with Crippen molar-refractivity contribution in [2.45, 2.75) is 13.1 Å². The van der Waals surface area contributed by atoms with Crippen LogP contribution in [0.5, 0.6) is 0 Å². The van der Waals surface area contributed by atoms with Gasteiger partial charge in [-0.3, -0.25) is 9.69 Å². The SMILES string of the molecule is C=Cc1ccc(CN2CC(=O)N(Cc3ccccc3)C2=O)cc1. The molecule has 0 aliphatic carbocycles. The Morgan fingerprint density at radius 3 is 2.22 bits per heavy atom. The molecule has 1 aliphatic rings. The van der Waals surface area contributed by atoms with Gasteiger partial charge in [-0.1, -0.05) is 67.3 Å². The highest BCUT2D eigenvalue weighted by molar-refractivity contribution is 6.01. The summed E-state index contributed by atoms with van der Waals surface area (Å²) in [5.74, 6) is -0.151. The minimum Gasteiger partial charge on any atom is -0.311 e. The molecule has 4 heteroatoms. The zero-order chi connectivity index (χ0) is 16.2. The summed E-state index contributed by atoms with van der Waals surface area (Å²) in [5.41, 5.74) is 2.98. The third-order valence-electron chi connectivity index (χ3n) is 3.90. The van der Waals surface area contributed by atoms with Crippen molar-refractivity contribution in [3.05, 3.63) is 77.9 Å². The number of hydrogen-bond acceptors (Lipinski definition) is 2. The van der Waals surface area contributed by atoms with E-state index in [0.29, 0.717) is 13.1 Å². The molecule has 0 N–H and O–H groups in total. The van der Waals surface area contributed by atoms with Crippen LogP contribution in [0.3, 0.4) is 0 Å². The number of benzene rings is 2. The van der Waals surface area contributed by atoms with Crippen molar-refractivity contribution in [3.8, 4) is 0 Å². The van der Waals surface area contributed by atoms with Gasteiger partial charge in [-0.05, 0) is 16.7 Å². The van der Waals surface area contributed by atoms with E-state index in [1.54, 1.807) is 11.0 Å². The molecule has 116 valence electrons. The molecule has 0 atom stereocenters. The highest BCUT2D eigenvalue weighted by atomic mass is 16.2. The largest absolute Gasteiger partial charge is 0.327 e. The molecule has 1 heterocycles. The summed E-state index contributed by atoms with van der Waals surface area (Å²) in [7, 11) is 0. The summed E-state index contributed by atoms with van der Waals surface area (Å²) in [6.07, 6.45) is 1.77. The van der Waals surface area contributed by atoms with Gasteiger partial charge in [0, 0.05) is 6.54 Å². The average Bonchev–Trinajstić information content (AvgIpc) is 2.84. The Balaban J connectivity index is 1.69. The zero-order valence-corrected chi connectivity index (χ0v) is 12.8.